The van der Waals surface area contributed by atoms with Gasteiger partial charge in [-0.3, -0.25) is 4.79 Å². The lowest BCUT2D eigenvalue weighted by Crippen LogP contribution is -2.65. The third-order valence-electron chi connectivity index (χ3n) is 7.19. The molecule has 3 N–H and O–H groups in total. The van der Waals surface area contributed by atoms with Crippen LogP contribution in [0.3, 0.4) is 0 Å². The number of halogens is 4. The van der Waals surface area contributed by atoms with Crippen LogP contribution in [0, 0.1) is 5.41 Å². The molecule has 2 aromatic rings. The van der Waals surface area contributed by atoms with E-state index in [2.05, 4.69) is 23.6 Å². The van der Waals surface area contributed by atoms with Crippen molar-refractivity contribution in [2.24, 2.45) is 16.1 Å². The highest BCUT2D eigenvalue weighted by Crippen LogP contribution is 2.53. The molecule has 1 amide bonds. The number of anilines is 1. The van der Waals surface area contributed by atoms with Crippen LogP contribution in [0.5, 0.6) is 5.75 Å². The van der Waals surface area contributed by atoms with Crippen LogP contribution < -0.4 is 20.7 Å². The number of hydrogen-bond acceptors (Lipinski definition) is 7. The van der Waals surface area contributed by atoms with Gasteiger partial charge in [0.15, 0.2) is 0 Å². The van der Waals surface area contributed by atoms with Crippen molar-refractivity contribution in [1.29, 1.82) is 0 Å². The average Bonchev–Trinajstić information content (AvgIpc) is 2.87. The molecule has 1 saturated carbocycles. The van der Waals surface area contributed by atoms with E-state index in [0.717, 1.165) is 0 Å². The SMILES string of the molecule is C=C/C(=C(\N=C)OCC)c1ccc(OC2CC3(C2)CN(c2cccc(Cl)c2C(F)(F)F)C3)c(CNCCC(N)=O)n1. The Bertz CT molecular complexity index is 1330. The van der Waals surface area contributed by atoms with E-state index in [1.54, 1.807) is 17.0 Å². The van der Waals surface area contributed by atoms with Gasteiger partial charge in [0, 0.05) is 38.0 Å². The Kier molecular flexibility index (Phi) is 9.28. The third-order valence-corrected chi connectivity index (χ3v) is 7.51. The number of allylic oxidation sites excluding steroid dienone is 2. The van der Waals surface area contributed by atoms with Crippen molar-refractivity contribution in [1.82, 2.24) is 10.3 Å². The summed E-state index contributed by atoms with van der Waals surface area (Å²) in [5, 5.41) is 2.86. The van der Waals surface area contributed by atoms with E-state index in [1.807, 2.05) is 13.0 Å². The summed E-state index contributed by atoms with van der Waals surface area (Å²) in [6, 6.07) is 7.85. The summed E-state index contributed by atoms with van der Waals surface area (Å²) in [5.74, 6) is 0.457. The molecule has 2 fully saturated rings. The van der Waals surface area contributed by atoms with Gasteiger partial charge >= 0.3 is 6.18 Å². The molecule has 0 atom stereocenters. The van der Waals surface area contributed by atoms with Crippen LogP contribution in [-0.4, -0.2) is 50.0 Å². The molecule has 0 radical (unpaired) electrons. The van der Waals surface area contributed by atoms with Gasteiger partial charge in [-0.15, -0.1) is 0 Å². The summed E-state index contributed by atoms with van der Waals surface area (Å²) in [4.78, 5) is 21.6. The fraction of sp³-hybridized carbons (Fsp3) is 0.414. The molecule has 0 bridgehead atoms. The molecule has 1 aromatic carbocycles. The first-order valence-electron chi connectivity index (χ1n) is 13.2. The fourth-order valence-electron chi connectivity index (χ4n) is 5.36. The predicted molar refractivity (Wildman–Crippen MR) is 153 cm³/mol. The Labute approximate surface area is 242 Å². The molecular formula is C29H33ClF3N5O3. The van der Waals surface area contributed by atoms with Crippen molar-refractivity contribution in [3.63, 3.8) is 0 Å². The van der Waals surface area contributed by atoms with Crippen LogP contribution in [0.15, 0.2) is 53.9 Å². The zero-order valence-corrected chi connectivity index (χ0v) is 23.5. The van der Waals surface area contributed by atoms with Gasteiger partial charge in [0.2, 0.25) is 11.8 Å². The van der Waals surface area contributed by atoms with Crippen LogP contribution >= 0.6 is 11.6 Å². The number of alkyl halides is 3. The number of nitrogens with zero attached hydrogens (tertiary/aromatic N) is 3. The zero-order chi connectivity index (χ0) is 29.8. The molecule has 8 nitrogen and oxygen atoms in total. The minimum absolute atomic E-state index is 0.107. The number of nitrogens with one attached hydrogen (secondary N) is 1. The maximum Gasteiger partial charge on any atom is 0.419 e. The van der Waals surface area contributed by atoms with Gasteiger partial charge in [-0.25, -0.2) is 9.98 Å². The molecule has 1 saturated heterocycles. The number of ether oxygens (including phenoxy) is 2. The first kappa shape index (κ1) is 30.4. The minimum atomic E-state index is -4.53. The maximum atomic E-state index is 13.6. The number of rotatable bonds is 13. The summed E-state index contributed by atoms with van der Waals surface area (Å²) in [5.41, 5.74) is 6.20. The maximum absolute atomic E-state index is 13.6. The first-order valence-corrected chi connectivity index (χ1v) is 13.6. The van der Waals surface area contributed by atoms with Crippen molar-refractivity contribution < 1.29 is 27.4 Å². The van der Waals surface area contributed by atoms with Crippen LogP contribution in [0.25, 0.3) is 5.57 Å². The molecule has 0 unspecified atom stereocenters. The van der Waals surface area contributed by atoms with Crippen molar-refractivity contribution >= 4 is 35.5 Å². The van der Waals surface area contributed by atoms with Crippen molar-refractivity contribution in [3.8, 4) is 5.75 Å². The fourth-order valence-corrected chi connectivity index (χ4v) is 5.63. The molecule has 12 heteroatoms. The normalized spacial score (nSPS) is 16.9. The van der Waals surface area contributed by atoms with E-state index in [1.165, 1.54) is 18.2 Å². The second-order valence-corrected chi connectivity index (χ2v) is 10.6. The monoisotopic (exact) mass is 591 g/mol. The highest BCUT2D eigenvalue weighted by molar-refractivity contribution is 6.31. The number of aliphatic imine (C=N–C) groups is 1. The van der Waals surface area contributed by atoms with Gasteiger partial charge in [0.05, 0.1) is 39.8 Å². The summed E-state index contributed by atoms with van der Waals surface area (Å²) in [7, 11) is 0. The van der Waals surface area contributed by atoms with Gasteiger partial charge in [-0.05, 0) is 50.7 Å². The topological polar surface area (TPSA) is 102 Å². The molecule has 41 heavy (non-hydrogen) atoms. The summed E-state index contributed by atoms with van der Waals surface area (Å²) in [6.45, 7) is 11.3. The van der Waals surface area contributed by atoms with Gasteiger partial charge < -0.3 is 25.4 Å². The summed E-state index contributed by atoms with van der Waals surface area (Å²) < 4.78 is 52.8. The quantitative estimate of drug-likeness (QED) is 0.141. The average molecular weight is 592 g/mol. The standard InChI is InChI=1S/C29H33ClF3N5O3/c1-4-19(27(35-3)40-5-2)21-9-10-24(22(37-21)15-36-12-11-25(34)39)41-18-13-28(14-18)16-38(17-28)23-8-6-7-20(30)26(23)29(31,32)33/h4,6-10,18,36H,1,3,5,11-17H2,2H3,(H2,34,39)/b27-19-. The molecule has 1 aliphatic heterocycles. The smallest absolute Gasteiger partial charge is 0.419 e. The largest absolute Gasteiger partial charge is 0.488 e. The van der Waals surface area contributed by atoms with E-state index in [9.17, 15) is 18.0 Å². The van der Waals surface area contributed by atoms with Crippen LogP contribution in [0.2, 0.25) is 5.02 Å². The van der Waals surface area contributed by atoms with Crippen molar-refractivity contribution in [3.05, 3.63) is 70.8 Å². The van der Waals surface area contributed by atoms with E-state index in [4.69, 9.17) is 31.8 Å². The Balaban J connectivity index is 1.46. The Morgan fingerprint density at radius 3 is 2.66 bits per heavy atom. The molecule has 220 valence electrons. The zero-order valence-electron chi connectivity index (χ0n) is 22.8. The van der Waals surface area contributed by atoms with E-state index < -0.39 is 17.6 Å². The van der Waals surface area contributed by atoms with Crippen molar-refractivity contribution in [2.75, 3.05) is 31.1 Å². The Morgan fingerprint density at radius 2 is 2.05 bits per heavy atom. The summed E-state index contributed by atoms with van der Waals surface area (Å²) >= 11 is 5.90. The van der Waals surface area contributed by atoms with E-state index in [-0.39, 0.29) is 28.6 Å². The van der Waals surface area contributed by atoms with Gasteiger partial charge in [-0.2, -0.15) is 13.2 Å². The predicted octanol–water partition coefficient (Wildman–Crippen LogP) is 5.36. The van der Waals surface area contributed by atoms with Gasteiger partial charge in [0.1, 0.15) is 11.9 Å². The Hall–Kier alpha value is -3.57. The number of pyridine rings is 1. The molecule has 1 spiro atoms. The third kappa shape index (κ3) is 6.84. The Morgan fingerprint density at radius 1 is 1.32 bits per heavy atom. The molecule has 2 aliphatic rings. The highest BCUT2D eigenvalue weighted by Gasteiger charge is 2.54. The van der Waals surface area contributed by atoms with Crippen LogP contribution in [-0.2, 0) is 22.3 Å². The number of aromatic nitrogens is 1. The molecule has 2 heterocycles. The number of primary amides is 1. The molecule has 1 aromatic heterocycles. The number of benzene rings is 1. The van der Waals surface area contributed by atoms with Crippen LogP contribution in [0.4, 0.5) is 18.9 Å². The lowest BCUT2D eigenvalue weighted by molar-refractivity contribution is -0.137. The van der Waals surface area contributed by atoms with Crippen molar-refractivity contribution in [2.45, 2.75) is 45.0 Å². The number of hydrogen-bond donors (Lipinski definition) is 2. The second kappa shape index (κ2) is 12.5. The van der Waals surface area contributed by atoms with Gasteiger partial charge in [0.25, 0.3) is 0 Å². The number of carbonyl (C=O) groups excluding carboxylic acids is 1. The highest BCUT2D eigenvalue weighted by atomic mass is 35.5. The number of carbonyl (C=O) groups is 1. The van der Waals surface area contributed by atoms with E-state index in [0.29, 0.717) is 74.2 Å². The molecule has 4 rings (SSSR count). The van der Waals surface area contributed by atoms with Gasteiger partial charge in [-0.1, -0.05) is 30.3 Å². The minimum Gasteiger partial charge on any atom is -0.488 e. The lowest BCUT2D eigenvalue weighted by atomic mass is 9.61. The van der Waals surface area contributed by atoms with Crippen LogP contribution in [0.1, 0.15) is 43.1 Å². The number of amides is 1. The second-order valence-electron chi connectivity index (χ2n) is 10.2. The number of nitrogens with two attached hydrogens (primary N) is 1. The van der Waals surface area contributed by atoms with E-state index >= 15 is 0 Å². The lowest BCUT2D eigenvalue weighted by Gasteiger charge is -2.59. The first-order chi connectivity index (χ1) is 19.5. The molecular weight excluding hydrogens is 559 g/mol. The summed E-state index contributed by atoms with van der Waals surface area (Å²) in [6.07, 6.45) is -1.47. The molecule has 1 aliphatic carbocycles.